The first-order valence-corrected chi connectivity index (χ1v) is 19.8. The molecule has 0 aliphatic carbocycles. The summed E-state index contributed by atoms with van der Waals surface area (Å²) in [6.07, 6.45) is 3.62. The molecule has 6 heteroatoms. The van der Waals surface area contributed by atoms with Crippen molar-refractivity contribution in [1.82, 2.24) is 29.9 Å². The van der Waals surface area contributed by atoms with Crippen LogP contribution in [0.3, 0.4) is 0 Å². The van der Waals surface area contributed by atoms with Crippen molar-refractivity contribution in [1.29, 1.82) is 0 Å². The Labute approximate surface area is 348 Å². The smallest absolute Gasteiger partial charge is 0.164 e. The zero-order valence-electron chi connectivity index (χ0n) is 32.5. The highest BCUT2D eigenvalue weighted by atomic mass is 15.0. The van der Waals surface area contributed by atoms with E-state index in [2.05, 4.69) is 145 Å². The first-order chi connectivity index (χ1) is 29.7. The zero-order chi connectivity index (χ0) is 40.1. The number of rotatable bonds is 9. The Hall–Kier alpha value is -8.22. The zero-order valence-corrected chi connectivity index (χ0v) is 32.5. The van der Waals surface area contributed by atoms with Crippen LogP contribution < -0.4 is 0 Å². The molecule has 0 aliphatic rings. The summed E-state index contributed by atoms with van der Waals surface area (Å²) in [5.74, 6) is 1.88. The summed E-state index contributed by atoms with van der Waals surface area (Å²) in [6, 6.07) is 70.4. The fraction of sp³-hybridized carbons (Fsp3) is 0. The van der Waals surface area contributed by atoms with Gasteiger partial charge >= 0.3 is 0 Å². The van der Waals surface area contributed by atoms with Gasteiger partial charge in [-0.1, -0.05) is 176 Å². The highest BCUT2D eigenvalue weighted by Gasteiger charge is 2.16. The van der Waals surface area contributed by atoms with Gasteiger partial charge in [0.05, 0.1) is 22.8 Å². The Morgan fingerprint density at radius 3 is 1.15 bits per heavy atom. The number of hydrogen-bond donors (Lipinski definition) is 0. The normalized spacial score (nSPS) is 11.0. The lowest BCUT2D eigenvalue weighted by atomic mass is 9.96. The number of aromatic nitrogens is 6. The summed E-state index contributed by atoms with van der Waals surface area (Å²) >= 11 is 0. The van der Waals surface area contributed by atoms with Gasteiger partial charge in [0.15, 0.2) is 17.5 Å². The molecule has 0 aliphatic heterocycles. The largest absolute Gasteiger partial charge is 0.255 e. The first kappa shape index (κ1) is 36.1. The second-order valence-electron chi connectivity index (χ2n) is 14.4. The molecule has 6 aromatic carbocycles. The van der Waals surface area contributed by atoms with Crippen LogP contribution in [-0.2, 0) is 0 Å². The van der Waals surface area contributed by atoms with Crippen LogP contribution in [0.4, 0.5) is 0 Å². The van der Waals surface area contributed by atoms with Gasteiger partial charge in [0, 0.05) is 34.6 Å². The highest BCUT2D eigenvalue weighted by Crippen LogP contribution is 2.35. The minimum atomic E-state index is 0.619. The number of pyridine rings is 3. The minimum absolute atomic E-state index is 0.619. The fourth-order valence-electron chi connectivity index (χ4n) is 7.38. The van der Waals surface area contributed by atoms with Crippen molar-refractivity contribution in [3.05, 3.63) is 219 Å². The van der Waals surface area contributed by atoms with Gasteiger partial charge in [-0.3, -0.25) is 9.97 Å². The third-order valence-electron chi connectivity index (χ3n) is 10.5. The summed E-state index contributed by atoms with van der Waals surface area (Å²) in [4.78, 5) is 29.5. The van der Waals surface area contributed by atoms with Crippen LogP contribution in [0.1, 0.15) is 0 Å². The predicted molar refractivity (Wildman–Crippen MR) is 242 cm³/mol. The molecule has 0 fully saturated rings. The van der Waals surface area contributed by atoms with E-state index in [1.165, 1.54) is 5.56 Å². The van der Waals surface area contributed by atoms with Gasteiger partial charge in [0.1, 0.15) is 0 Å². The summed E-state index contributed by atoms with van der Waals surface area (Å²) < 4.78 is 0. The van der Waals surface area contributed by atoms with Crippen molar-refractivity contribution in [3.63, 3.8) is 0 Å². The maximum atomic E-state index is 5.10. The van der Waals surface area contributed by atoms with Crippen LogP contribution in [0, 0.1) is 0 Å². The Balaban J connectivity index is 0.956. The molecule has 0 amide bonds. The molecule has 6 nitrogen and oxygen atoms in total. The lowest BCUT2D eigenvalue weighted by Gasteiger charge is -2.13. The van der Waals surface area contributed by atoms with Gasteiger partial charge in [-0.2, -0.15) is 0 Å². The van der Waals surface area contributed by atoms with Crippen LogP contribution in [0.2, 0.25) is 0 Å². The lowest BCUT2D eigenvalue weighted by molar-refractivity contribution is 1.07. The molecule has 10 rings (SSSR count). The van der Waals surface area contributed by atoms with Crippen molar-refractivity contribution in [2.24, 2.45) is 0 Å². The molecular weight excluding hydrogens is 733 g/mol. The minimum Gasteiger partial charge on any atom is -0.255 e. The number of hydrogen-bond acceptors (Lipinski definition) is 6. The molecule has 0 unspecified atom stereocenters. The van der Waals surface area contributed by atoms with E-state index >= 15 is 0 Å². The molecule has 0 saturated heterocycles. The Bertz CT molecular complexity index is 2970. The standard InChI is InChI=1S/C54H36N6/c1-4-13-37(14-5-1)39-23-29-44(30-24-39)53-58-52(43-17-8-3-9-18-43)59-54(60-53)45-31-25-41(26-32-45)40-21-27-42(28-22-40)47-19-12-34-56-51(47)50-36-46(38-15-6-2-7-16-38)35-49(57-50)48-20-10-11-33-55-48/h1-36H. The molecular formula is C54H36N6. The molecule has 0 bridgehead atoms. The van der Waals surface area contributed by atoms with Crippen LogP contribution in [0.15, 0.2) is 219 Å². The van der Waals surface area contributed by atoms with Gasteiger partial charge in [0.2, 0.25) is 0 Å². The molecule has 0 N–H and O–H groups in total. The molecule has 0 saturated carbocycles. The Kier molecular flexibility index (Phi) is 9.84. The third-order valence-corrected chi connectivity index (χ3v) is 10.5. The molecule has 60 heavy (non-hydrogen) atoms. The summed E-state index contributed by atoms with van der Waals surface area (Å²) in [5, 5.41) is 0. The molecule has 4 aromatic heterocycles. The maximum absolute atomic E-state index is 5.10. The van der Waals surface area contributed by atoms with Gasteiger partial charge in [-0.25, -0.2) is 19.9 Å². The highest BCUT2D eigenvalue weighted by molar-refractivity contribution is 5.84. The topological polar surface area (TPSA) is 77.3 Å². The van der Waals surface area contributed by atoms with Crippen molar-refractivity contribution in [2.75, 3.05) is 0 Å². The molecule has 0 radical (unpaired) electrons. The second-order valence-corrected chi connectivity index (χ2v) is 14.4. The second kappa shape index (κ2) is 16.3. The lowest BCUT2D eigenvalue weighted by Crippen LogP contribution is -2.00. The van der Waals surface area contributed by atoms with Crippen molar-refractivity contribution in [3.8, 4) is 101 Å². The summed E-state index contributed by atoms with van der Waals surface area (Å²) in [5.41, 5.74) is 14.7. The van der Waals surface area contributed by atoms with Crippen molar-refractivity contribution < 1.29 is 0 Å². The van der Waals surface area contributed by atoms with Gasteiger partial charge in [0.25, 0.3) is 0 Å². The monoisotopic (exact) mass is 768 g/mol. The molecule has 282 valence electrons. The van der Waals surface area contributed by atoms with E-state index in [-0.39, 0.29) is 0 Å². The average molecular weight is 769 g/mol. The number of benzene rings is 6. The van der Waals surface area contributed by atoms with Gasteiger partial charge in [-0.15, -0.1) is 0 Å². The third kappa shape index (κ3) is 7.61. The van der Waals surface area contributed by atoms with Crippen LogP contribution in [0.5, 0.6) is 0 Å². The quantitative estimate of drug-likeness (QED) is 0.145. The van der Waals surface area contributed by atoms with E-state index < -0.39 is 0 Å². The molecule has 10 aromatic rings. The fourth-order valence-corrected chi connectivity index (χ4v) is 7.38. The molecule has 0 spiro atoms. The van der Waals surface area contributed by atoms with Crippen LogP contribution in [0.25, 0.3) is 101 Å². The van der Waals surface area contributed by atoms with E-state index in [9.17, 15) is 0 Å². The van der Waals surface area contributed by atoms with Crippen molar-refractivity contribution in [2.45, 2.75) is 0 Å². The number of nitrogens with zero attached hydrogens (tertiary/aromatic N) is 6. The van der Waals surface area contributed by atoms with E-state index in [4.69, 9.17) is 24.9 Å². The Morgan fingerprint density at radius 2 is 0.633 bits per heavy atom. The average Bonchev–Trinajstić information content (AvgIpc) is 3.35. The van der Waals surface area contributed by atoms with E-state index in [1.807, 2.05) is 72.9 Å². The molecule has 4 heterocycles. The van der Waals surface area contributed by atoms with Gasteiger partial charge in [-0.05, 0) is 69.3 Å². The van der Waals surface area contributed by atoms with Gasteiger partial charge < -0.3 is 0 Å². The molecule has 0 atom stereocenters. The summed E-state index contributed by atoms with van der Waals surface area (Å²) in [7, 11) is 0. The SMILES string of the molecule is c1ccc(-c2ccc(-c3nc(-c4ccccc4)nc(-c4ccc(-c5ccc(-c6cccnc6-c6cc(-c7ccccc7)cc(-c7ccccn7)n6)cc5)cc4)n3)cc2)cc1. The predicted octanol–water partition coefficient (Wildman–Crippen LogP) is 13.1. The van der Waals surface area contributed by atoms with E-state index in [0.717, 1.165) is 78.4 Å². The first-order valence-electron chi connectivity index (χ1n) is 19.8. The Morgan fingerprint density at radius 1 is 0.233 bits per heavy atom. The van der Waals surface area contributed by atoms with E-state index in [0.29, 0.717) is 17.5 Å². The van der Waals surface area contributed by atoms with Crippen LogP contribution in [-0.4, -0.2) is 29.9 Å². The summed E-state index contributed by atoms with van der Waals surface area (Å²) in [6.45, 7) is 0. The maximum Gasteiger partial charge on any atom is 0.164 e. The van der Waals surface area contributed by atoms with E-state index in [1.54, 1.807) is 6.20 Å². The van der Waals surface area contributed by atoms with Crippen LogP contribution >= 0.6 is 0 Å². The van der Waals surface area contributed by atoms with Crippen molar-refractivity contribution >= 4 is 0 Å².